The minimum absolute atomic E-state index is 0.00581. The number of urea groups is 1. The molecule has 5 N–H and O–H groups in total. The number of imidazole rings is 2. The fourth-order valence-electron chi connectivity index (χ4n) is 6.88. The van der Waals surface area contributed by atoms with Crippen LogP contribution in [0.1, 0.15) is 77.1 Å². The van der Waals surface area contributed by atoms with E-state index in [0.29, 0.717) is 6.54 Å². The van der Waals surface area contributed by atoms with Gasteiger partial charge in [-0.05, 0) is 74.2 Å². The number of carbonyl (C=O) groups excluding carboxylic acids is 2. The fourth-order valence-corrected chi connectivity index (χ4v) is 6.88. The van der Waals surface area contributed by atoms with E-state index in [1.807, 2.05) is 31.1 Å². The zero-order valence-corrected chi connectivity index (χ0v) is 29.1. The number of hydrogen-bond acceptors (Lipinski definition) is 7. The van der Waals surface area contributed by atoms with Gasteiger partial charge in [-0.3, -0.25) is 9.91 Å². The van der Waals surface area contributed by atoms with Crippen LogP contribution in [0.4, 0.5) is 9.59 Å². The average Bonchev–Trinajstić information content (AvgIpc) is 3.94. The number of benzene rings is 2. The Hall–Kier alpha value is -4.68. The van der Waals surface area contributed by atoms with Gasteiger partial charge in [-0.25, -0.2) is 25.4 Å². The van der Waals surface area contributed by atoms with E-state index in [0.717, 1.165) is 84.1 Å². The van der Waals surface area contributed by atoms with Crippen LogP contribution in [0, 0.1) is 5.92 Å². The van der Waals surface area contributed by atoms with E-state index < -0.39 is 6.09 Å². The monoisotopic (exact) mass is 667 g/mol. The first-order chi connectivity index (χ1) is 23.6. The zero-order chi connectivity index (χ0) is 34.7. The average molecular weight is 668 g/mol. The SMILES string of the molecule is COC(=O)NC(CN1CCCC1c1ncc(-c2ccc(-c3ccc(-c4cnc(C5CCCN5C(=O)N(N)C(C)C)[nH]4)cc3)cc2)[nH]1)C(C)C. The summed E-state index contributed by atoms with van der Waals surface area (Å²) in [5.41, 5.74) is 6.25. The number of H-pyrrole nitrogens is 2. The Kier molecular flexibility index (Phi) is 10.4. The molecule has 3 unspecified atom stereocenters. The number of ether oxygens (including phenoxy) is 1. The summed E-state index contributed by atoms with van der Waals surface area (Å²) in [5.74, 6) is 8.06. The maximum absolute atomic E-state index is 12.9. The number of aromatic nitrogens is 4. The number of nitrogens with one attached hydrogen (secondary N) is 3. The molecule has 2 aliphatic rings. The number of hydrazine groups is 1. The molecule has 0 radical (unpaired) electrons. The van der Waals surface area contributed by atoms with Crippen molar-refractivity contribution in [2.45, 2.75) is 77.5 Å². The van der Waals surface area contributed by atoms with Crippen LogP contribution in [-0.2, 0) is 4.74 Å². The second-order valence-electron chi connectivity index (χ2n) is 13.8. The normalized spacial score (nSPS) is 18.7. The van der Waals surface area contributed by atoms with Crippen LogP contribution < -0.4 is 11.2 Å². The third-order valence-electron chi connectivity index (χ3n) is 9.91. The van der Waals surface area contributed by atoms with Crippen molar-refractivity contribution in [3.8, 4) is 33.6 Å². The summed E-state index contributed by atoms with van der Waals surface area (Å²) >= 11 is 0. The molecule has 2 aromatic heterocycles. The molecule has 2 saturated heterocycles. The molecule has 2 aliphatic heterocycles. The number of carbonyl (C=O) groups is 2. The number of alkyl carbamates (subject to hydrolysis) is 1. The van der Waals surface area contributed by atoms with E-state index in [9.17, 15) is 9.59 Å². The highest BCUT2D eigenvalue weighted by molar-refractivity contribution is 5.75. The smallest absolute Gasteiger partial charge is 0.407 e. The van der Waals surface area contributed by atoms with Crippen molar-refractivity contribution in [2.24, 2.45) is 11.8 Å². The molecule has 2 aromatic carbocycles. The molecule has 2 fully saturated rings. The number of likely N-dealkylation sites (tertiary alicyclic amines) is 2. The predicted molar refractivity (Wildman–Crippen MR) is 190 cm³/mol. The van der Waals surface area contributed by atoms with Gasteiger partial charge >= 0.3 is 12.1 Å². The second kappa shape index (κ2) is 14.8. The molecular formula is C37H49N9O3. The van der Waals surface area contributed by atoms with Gasteiger partial charge in [0.2, 0.25) is 0 Å². The summed E-state index contributed by atoms with van der Waals surface area (Å²) < 4.78 is 4.85. The first-order valence-corrected chi connectivity index (χ1v) is 17.4. The quantitative estimate of drug-likeness (QED) is 0.0858. The number of amides is 3. The van der Waals surface area contributed by atoms with Gasteiger partial charge < -0.3 is 24.9 Å². The maximum atomic E-state index is 12.9. The van der Waals surface area contributed by atoms with Crippen LogP contribution >= 0.6 is 0 Å². The van der Waals surface area contributed by atoms with Crippen molar-refractivity contribution >= 4 is 12.1 Å². The largest absolute Gasteiger partial charge is 0.453 e. The van der Waals surface area contributed by atoms with Crippen molar-refractivity contribution in [2.75, 3.05) is 26.7 Å². The number of methoxy groups -OCH3 is 1. The molecule has 3 amide bonds. The Morgan fingerprint density at radius 2 is 1.37 bits per heavy atom. The van der Waals surface area contributed by atoms with E-state index in [2.05, 4.69) is 87.5 Å². The van der Waals surface area contributed by atoms with Crippen LogP contribution in [0.2, 0.25) is 0 Å². The summed E-state index contributed by atoms with van der Waals surface area (Å²) in [7, 11) is 1.40. The van der Waals surface area contributed by atoms with Crippen molar-refractivity contribution < 1.29 is 14.3 Å². The summed E-state index contributed by atoms with van der Waals surface area (Å²) in [5, 5.41) is 4.29. The fraction of sp³-hybridized carbons (Fsp3) is 0.459. The molecule has 49 heavy (non-hydrogen) atoms. The topological polar surface area (TPSA) is 148 Å². The van der Waals surface area contributed by atoms with Gasteiger partial charge in [0.1, 0.15) is 11.6 Å². The van der Waals surface area contributed by atoms with Crippen molar-refractivity contribution in [1.29, 1.82) is 0 Å². The predicted octanol–water partition coefficient (Wildman–Crippen LogP) is 6.49. The molecule has 12 nitrogen and oxygen atoms in total. The lowest BCUT2D eigenvalue weighted by atomic mass is 10.0. The Morgan fingerprint density at radius 3 is 1.90 bits per heavy atom. The van der Waals surface area contributed by atoms with E-state index in [-0.39, 0.29) is 36.1 Å². The summed E-state index contributed by atoms with van der Waals surface area (Å²) in [6.45, 7) is 10.4. The summed E-state index contributed by atoms with van der Waals surface area (Å²) in [6, 6.07) is 16.8. The van der Waals surface area contributed by atoms with Crippen LogP contribution in [-0.4, -0.2) is 85.7 Å². The van der Waals surface area contributed by atoms with Crippen molar-refractivity contribution in [3.63, 3.8) is 0 Å². The first kappa shape index (κ1) is 34.2. The highest BCUT2D eigenvalue weighted by Gasteiger charge is 2.35. The Morgan fingerprint density at radius 1 is 0.857 bits per heavy atom. The highest BCUT2D eigenvalue weighted by Crippen LogP contribution is 2.34. The number of hydrogen-bond donors (Lipinski definition) is 4. The standard InChI is InChI=1S/C37H49N9O3/c1-23(2)31(43-36(47)49-5)22-44-18-6-8-32(44)34-39-20-29(41-34)27-14-10-25(11-15-27)26-12-16-28(17-13-26)30-21-40-35(42-30)33-9-7-19-45(33)37(48)46(38)24(3)4/h10-17,20-21,23-24,31-33H,6-9,18-19,22,38H2,1-5H3,(H,39,41)(H,40,42)(H,43,47). The lowest BCUT2D eigenvalue weighted by molar-refractivity contribution is 0.135. The minimum Gasteiger partial charge on any atom is -0.453 e. The molecule has 3 atom stereocenters. The lowest BCUT2D eigenvalue weighted by Crippen LogP contribution is -2.50. The Bertz CT molecular complexity index is 1710. The van der Waals surface area contributed by atoms with Gasteiger partial charge in [-0.1, -0.05) is 62.4 Å². The van der Waals surface area contributed by atoms with Crippen LogP contribution in [0.25, 0.3) is 33.6 Å². The maximum Gasteiger partial charge on any atom is 0.407 e. The van der Waals surface area contributed by atoms with E-state index in [1.165, 1.54) is 12.1 Å². The molecule has 4 heterocycles. The van der Waals surface area contributed by atoms with Crippen molar-refractivity contribution in [3.05, 3.63) is 72.6 Å². The van der Waals surface area contributed by atoms with E-state index in [1.54, 1.807) is 0 Å². The molecule has 4 aromatic rings. The Balaban J connectivity index is 1.10. The van der Waals surface area contributed by atoms with Crippen LogP contribution in [0.3, 0.4) is 0 Å². The molecule has 260 valence electrons. The number of rotatable bonds is 10. The van der Waals surface area contributed by atoms with Crippen molar-refractivity contribution in [1.82, 2.24) is 40.1 Å². The Labute approximate surface area is 288 Å². The van der Waals surface area contributed by atoms with E-state index in [4.69, 9.17) is 15.6 Å². The number of nitrogens with zero attached hydrogens (tertiary/aromatic N) is 5. The molecular weight excluding hydrogens is 618 g/mol. The molecule has 0 aliphatic carbocycles. The molecule has 0 bridgehead atoms. The van der Waals surface area contributed by atoms with Gasteiger partial charge in [0.05, 0.1) is 43.0 Å². The third-order valence-corrected chi connectivity index (χ3v) is 9.91. The number of nitrogens with two attached hydrogens (primary N) is 1. The van der Waals surface area contributed by atoms with Gasteiger partial charge in [-0.2, -0.15) is 0 Å². The molecule has 0 spiro atoms. The molecule has 6 rings (SSSR count). The zero-order valence-electron chi connectivity index (χ0n) is 29.1. The first-order valence-electron chi connectivity index (χ1n) is 17.4. The van der Waals surface area contributed by atoms with Crippen LogP contribution in [0.15, 0.2) is 60.9 Å². The van der Waals surface area contributed by atoms with E-state index >= 15 is 0 Å². The molecule has 12 heteroatoms. The van der Waals surface area contributed by atoms with Gasteiger partial charge in [0.15, 0.2) is 0 Å². The summed E-state index contributed by atoms with van der Waals surface area (Å²) in [6.07, 6.45) is 7.25. The van der Waals surface area contributed by atoms with Crippen LogP contribution in [0.5, 0.6) is 0 Å². The highest BCUT2D eigenvalue weighted by atomic mass is 16.5. The third kappa shape index (κ3) is 7.50. The summed E-state index contributed by atoms with van der Waals surface area (Å²) in [4.78, 5) is 45.6. The minimum atomic E-state index is -0.395. The van der Waals surface area contributed by atoms with Gasteiger partial charge in [-0.15, -0.1) is 0 Å². The number of aromatic amines is 2. The second-order valence-corrected chi connectivity index (χ2v) is 13.8. The lowest BCUT2D eigenvalue weighted by Gasteiger charge is -2.30. The molecule has 0 saturated carbocycles. The van der Waals surface area contributed by atoms with Gasteiger partial charge in [0, 0.05) is 25.2 Å². The van der Waals surface area contributed by atoms with Gasteiger partial charge in [0.25, 0.3) is 0 Å².